The lowest BCUT2D eigenvalue weighted by atomic mass is 10.0. The lowest BCUT2D eigenvalue weighted by Crippen LogP contribution is -2.15. The largest absolute Gasteiger partial charge is 0.494 e. The first-order valence-electron chi connectivity index (χ1n) is 23.7. The Hall–Kier alpha value is -2.88. The van der Waals surface area contributed by atoms with E-state index in [-0.39, 0.29) is 0 Å². The van der Waals surface area contributed by atoms with E-state index in [1.54, 1.807) is 0 Å². The Morgan fingerprint density at radius 2 is 0.852 bits per heavy atom. The normalized spacial score (nSPS) is 11.6. The van der Waals surface area contributed by atoms with E-state index in [9.17, 15) is 0 Å². The highest BCUT2D eigenvalue weighted by Crippen LogP contribution is 2.16. The molecule has 0 atom stereocenters. The molecule has 0 saturated heterocycles. The molecule has 0 aliphatic rings. The summed E-state index contributed by atoms with van der Waals surface area (Å²) in [7, 11) is 0. The monoisotopic (exact) mass is 859 g/mol. The van der Waals surface area contributed by atoms with E-state index in [1.807, 2.05) is 47.5 Å². The van der Waals surface area contributed by atoms with Crippen LogP contribution in [0.4, 0.5) is 0 Å². The Morgan fingerprint density at radius 3 is 1.31 bits per heavy atom. The molecule has 2 heterocycles. The summed E-state index contributed by atoms with van der Waals surface area (Å²) in [4.78, 5) is 0. The molecule has 2 aromatic heterocycles. The number of aromatic nitrogens is 4. The van der Waals surface area contributed by atoms with E-state index in [2.05, 4.69) is 33.9 Å². The van der Waals surface area contributed by atoms with Gasteiger partial charge in [-0.2, -0.15) is 0 Å². The Balaban J connectivity index is 0.992. The van der Waals surface area contributed by atoms with Crippen LogP contribution in [0.25, 0.3) is 0 Å². The summed E-state index contributed by atoms with van der Waals surface area (Å²) in [6.07, 6.45) is 28.0. The van der Waals surface area contributed by atoms with E-state index in [0.717, 1.165) is 36.6 Å². The van der Waals surface area contributed by atoms with Crippen LogP contribution in [-0.2, 0) is 57.6 Å². The maximum Gasteiger partial charge on any atom is 0.119 e. The van der Waals surface area contributed by atoms with E-state index >= 15 is 0 Å². The number of benzene rings is 1. The molecule has 0 radical (unpaired) electrons. The van der Waals surface area contributed by atoms with Crippen LogP contribution in [0.5, 0.6) is 5.75 Å². The second-order valence-electron chi connectivity index (χ2n) is 15.5. The maximum absolute atomic E-state index is 5.99. The zero-order valence-corrected chi connectivity index (χ0v) is 37.9. The Kier molecular flexibility index (Phi) is 34.3. The molecule has 13 nitrogen and oxygen atoms in total. The van der Waals surface area contributed by atoms with Crippen molar-refractivity contribution < 1.29 is 42.6 Å². The summed E-state index contributed by atoms with van der Waals surface area (Å²) in [5.41, 5.74) is 1.94. The zero-order chi connectivity index (χ0) is 42.8. The summed E-state index contributed by atoms with van der Waals surface area (Å²) in [6.45, 7) is 12.9. The zero-order valence-electron chi connectivity index (χ0n) is 37.9. The molecule has 1 aromatic carbocycles. The van der Waals surface area contributed by atoms with Gasteiger partial charge in [-0.25, -0.2) is 4.68 Å². The van der Waals surface area contributed by atoms with Gasteiger partial charge in [0.1, 0.15) is 11.4 Å². The van der Waals surface area contributed by atoms with Crippen molar-refractivity contribution in [3.05, 3.63) is 66.2 Å². The van der Waals surface area contributed by atoms with Gasteiger partial charge in [-0.1, -0.05) is 121 Å². The van der Waals surface area contributed by atoms with E-state index in [0.29, 0.717) is 112 Å². The van der Waals surface area contributed by atoms with Gasteiger partial charge in [-0.15, -0.1) is 5.10 Å². The summed E-state index contributed by atoms with van der Waals surface area (Å²) in [5.74, 6) is 0.923. The van der Waals surface area contributed by atoms with Crippen molar-refractivity contribution in [2.75, 3.05) is 106 Å². The van der Waals surface area contributed by atoms with Gasteiger partial charge in [0.05, 0.1) is 125 Å². The van der Waals surface area contributed by atoms with Gasteiger partial charge in [0, 0.05) is 18.9 Å². The Bertz CT molecular complexity index is 1330. The number of ether oxygens (including phenoxy) is 9. The van der Waals surface area contributed by atoms with Gasteiger partial charge in [0.2, 0.25) is 0 Å². The lowest BCUT2D eigenvalue weighted by Gasteiger charge is -2.09. The molecule has 0 saturated carbocycles. The predicted octanol–water partition coefficient (Wildman–Crippen LogP) is 9.10. The SMILES string of the molecule is CCCCCCCCCCCCCCCCCCOc1ccc(Cn2cc(COCCOCCOCCOCCOCCOCCOCCOCCn3cccc3)nn2)cc1. The number of rotatable bonds is 46. The van der Waals surface area contributed by atoms with E-state index in [4.69, 9.17) is 42.6 Å². The van der Waals surface area contributed by atoms with E-state index < -0.39 is 0 Å². The van der Waals surface area contributed by atoms with Crippen molar-refractivity contribution in [2.45, 2.75) is 129 Å². The van der Waals surface area contributed by atoms with Crippen LogP contribution in [0.15, 0.2) is 55.0 Å². The van der Waals surface area contributed by atoms with Crippen LogP contribution in [0.2, 0.25) is 0 Å². The third-order valence-electron chi connectivity index (χ3n) is 10.1. The van der Waals surface area contributed by atoms with Gasteiger partial charge in [-0.3, -0.25) is 0 Å². The third kappa shape index (κ3) is 31.6. The number of unbranched alkanes of at least 4 members (excludes halogenated alkanes) is 15. The van der Waals surface area contributed by atoms with E-state index in [1.165, 1.54) is 96.3 Å². The van der Waals surface area contributed by atoms with Crippen molar-refractivity contribution in [1.82, 2.24) is 19.6 Å². The van der Waals surface area contributed by atoms with Gasteiger partial charge in [0.25, 0.3) is 0 Å². The van der Waals surface area contributed by atoms with Crippen LogP contribution in [0, 0.1) is 0 Å². The van der Waals surface area contributed by atoms with Crippen molar-refractivity contribution in [1.29, 1.82) is 0 Å². The standard InChI is InChI=1S/C48H82N4O9/c1-2-3-4-5-6-7-8-9-10-11-12-13-14-15-16-19-27-61-48-22-20-46(21-23-48)43-52-44-47(49-50-52)45-60-42-41-59-40-39-58-38-37-57-36-35-56-34-33-55-32-31-54-30-29-53-28-26-51-24-17-18-25-51/h17-18,20-25,44H,2-16,19,26-43,45H2,1H3. The third-order valence-corrected chi connectivity index (χ3v) is 10.1. The molecule has 0 fully saturated rings. The Labute approximate surface area is 368 Å². The molecule has 0 amide bonds. The molecule has 0 unspecified atom stereocenters. The first-order valence-corrected chi connectivity index (χ1v) is 23.7. The molecule has 0 aliphatic heterocycles. The summed E-state index contributed by atoms with van der Waals surface area (Å²) >= 11 is 0. The lowest BCUT2D eigenvalue weighted by molar-refractivity contribution is -0.0237. The van der Waals surface area contributed by atoms with Gasteiger partial charge in [-0.05, 0) is 36.2 Å². The fraction of sp³-hybridized carbons (Fsp3) is 0.750. The number of nitrogens with zero attached hydrogens (tertiary/aromatic N) is 4. The molecule has 0 bridgehead atoms. The first kappa shape index (κ1) is 52.5. The van der Waals surface area contributed by atoms with Gasteiger partial charge >= 0.3 is 0 Å². The highest BCUT2D eigenvalue weighted by atomic mass is 16.6. The molecular weight excluding hydrogens is 777 g/mol. The molecule has 3 aromatic rings. The molecule has 0 aliphatic carbocycles. The average Bonchev–Trinajstić information content (AvgIpc) is 3.98. The number of hydrogen-bond acceptors (Lipinski definition) is 11. The summed E-state index contributed by atoms with van der Waals surface area (Å²) < 4.78 is 54.4. The minimum Gasteiger partial charge on any atom is -0.494 e. The van der Waals surface area contributed by atoms with Crippen LogP contribution < -0.4 is 4.74 Å². The molecule has 0 spiro atoms. The minimum absolute atomic E-state index is 0.391. The van der Waals surface area contributed by atoms with Gasteiger partial charge < -0.3 is 47.2 Å². The minimum atomic E-state index is 0.391. The second-order valence-corrected chi connectivity index (χ2v) is 15.5. The predicted molar refractivity (Wildman–Crippen MR) is 240 cm³/mol. The molecular formula is C48H82N4O9. The Morgan fingerprint density at radius 1 is 0.443 bits per heavy atom. The van der Waals surface area contributed by atoms with Gasteiger partial charge in [0.15, 0.2) is 0 Å². The average molecular weight is 859 g/mol. The summed E-state index contributed by atoms with van der Waals surface area (Å²) in [6, 6.07) is 12.3. The van der Waals surface area contributed by atoms with Crippen LogP contribution in [-0.4, -0.2) is 125 Å². The highest BCUT2D eigenvalue weighted by Gasteiger charge is 2.04. The second kappa shape index (κ2) is 39.9. The van der Waals surface area contributed by atoms with Crippen LogP contribution in [0.1, 0.15) is 121 Å². The quantitative estimate of drug-likeness (QED) is 0.0507. The fourth-order valence-corrected chi connectivity index (χ4v) is 6.61. The fourth-order valence-electron chi connectivity index (χ4n) is 6.61. The van der Waals surface area contributed by atoms with Crippen LogP contribution in [0.3, 0.4) is 0 Å². The molecule has 3 rings (SSSR count). The molecule has 348 valence electrons. The van der Waals surface area contributed by atoms with Crippen molar-refractivity contribution in [3.8, 4) is 5.75 Å². The maximum atomic E-state index is 5.99. The first-order chi connectivity index (χ1) is 30.3. The topological polar surface area (TPSA) is 119 Å². The summed E-state index contributed by atoms with van der Waals surface area (Å²) in [5, 5.41) is 8.50. The molecule has 0 N–H and O–H groups in total. The molecule has 13 heteroatoms. The van der Waals surface area contributed by atoms with Crippen molar-refractivity contribution >= 4 is 0 Å². The highest BCUT2D eigenvalue weighted by molar-refractivity contribution is 5.27. The van der Waals surface area contributed by atoms with Crippen LogP contribution >= 0.6 is 0 Å². The van der Waals surface area contributed by atoms with Crippen molar-refractivity contribution in [2.24, 2.45) is 0 Å². The molecule has 61 heavy (non-hydrogen) atoms. The van der Waals surface area contributed by atoms with Crippen molar-refractivity contribution in [3.63, 3.8) is 0 Å². The smallest absolute Gasteiger partial charge is 0.119 e. The number of hydrogen-bond donors (Lipinski definition) is 0.